The molecule has 174 valence electrons. The first-order valence-corrected chi connectivity index (χ1v) is 10.7. The zero-order valence-corrected chi connectivity index (χ0v) is 17.9. The maximum atomic E-state index is 12.9. The number of hydrogen-bond donors (Lipinski definition) is 5. The van der Waals surface area contributed by atoms with Crippen LogP contribution in [0.3, 0.4) is 0 Å². The number of nitrogens with zero attached hydrogens (tertiary/aromatic N) is 1. The Kier molecular flexibility index (Phi) is 8.78. The fourth-order valence-corrected chi connectivity index (χ4v) is 3.97. The Labute approximate surface area is 180 Å². The Morgan fingerprint density at radius 2 is 1.77 bits per heavy atom. The molecule has 5 N–H and O–H groups in total. The van der Waals surface area contributed by atoms with Crippen LogP contribution in [-0.2, 0) is 24.0 Å². The summed E-state index contributed by atoms with van der Waals surface area (Å²) in [6.45, 7) is 4.45. The number of carbonyl (C=O) groups excluding carboxylic acids is 3. The van der Waals surface area contributed by atoms with E-state index in [4.69, 9.17) is 5.11 Å². The molecule has 4 atom stereocenters. The summed E-state index contributed by atoms with van der Waals surface area (Å²) >= 11 is 0. The lowest BCUT2D eigenvalue weighted by molar-refractivity contribution is -0.144. The van der Waals surface area contributed by atoms with Crippen molar-refractivity contribution >= 4 is 29.7 Å². The van der Waals surface area contributed by atoms with Crippen LogP contribution in [0.5, 0.6) is 0 Å². The van der Waals surface area contributed by atoms with Gasteiger partial charge in [0.15, 0.2) is 0 Å². The molecular formula is C20H32N4O7. The van der Waals surface area contributed by atoms with Gasteiger partial charge >= 0.3 is 11.9 Å². The molecule has 0 aromatic heterocycles. The van der Waals surface area contributed by atoms with Crippen LogP contribution in [0, 0.1) is 5.92 Å². The molecule has 2 aliphatic heterocycles. The summed E-state index contributed by atoms with van der Waals surface area (Å²) in [5, 5.41) is 26.3. The van der Waals surface area contributed by atoms with Crippen LogP contribution in [0.2, 0.25) is 0 Å². The minimum absolute atomic E-state index is 0.146. The lowest BCUT2D eigenvalue weighted by Gasteiger charge is -2.29. The average molecular weight is 440 g/mol. The van der Waals surface area contributed by atoms with Crippen LogP contribution in [0.4, 0.5) is 0 Å². The number of nitrogens with one attached hydrogen (secondary N) is 3. The average Bonchev–Trinajstić information content (AvgIpc) is 3.39. The third kappa shape index (κ3) is 6.65. The van der Waals surface area contributed by atoms with Crippen molar-refractivity contribution in [3.8, 4) is 0 Å². The first kappa shape index (κ1) is 24.6. The van der Waals surface area contributed by atoms with Gasteiger partial charge in [0.05, 0.1) is 6.04 Å². The Balaban J connectivity index is 2.08. The van der Waals surface area contributed by atoms with Crippen LogP contribution >= 0.6 is 0 Å². The van der Waals surface area contributed by atoms with E-state index in [1.165, 1.54) is 4.90 Å². The van der Waals surface area contributed by atoms with Gasteiger partial charge in [-0.05, 0) is 44.6 Å². The van der Waals surface area contributed by atoms with Gasteiger partial charge in [-0.3, -0.25) is 19.2 Å². The van der Waals surface area contributed by atoms with Crippen LogP contribution < -0.4 is 16.0 Å². The Morgan fingerprint density at radius 3 is 2.32 bits per heavy atom. The van der Waals surface area contributed by atoms with Crippen molar-refractivity contribution in [3.05, 3.63) is 0 Å². The summed E-state index contributed by atoms with van der Waals surface area (Å²) in [6, 6.07) is -3.45. The first-order valence-electron chi connectivity index (χ1n) is 10.7. The largest absolute Gasteiger partial charge is 0.481 e. The van der Waals surface area contributed by atoms with E-state index in [-0.39, 0.29) is 24.8 Å². The minimum Gasteiger partial charge on any atom is -0.481 e. The second-order valence-corrected chi connectivity index (χ2v) is 8.40. The van der Waals surface area contributed by atoms with Crippen molar-refractivity contribution in [3.63, 3.8) is 0 Å². The fourth-order valence-electron chi connectivity index (χ4n) is 3.97. The fraction of sp³-hybridized carbons (Fsp3) is 0.750. The van der Waals surface area contributed by atoms with Crippen molar-refractivity contribution in [1.29, 1.82) is 0 Å². The van der Waals surface area contributed by atoms with Gasteiger partial charge in [0.25, 0.3) is 0 Å². The molecule has 3 amide bonds. The highest BCUT2D eigenvalue weighted by molar-refractivity contribution is 5.94. The molecule has 0 aromatic rings. The van der Waals surface area contributed by atoms with Gasteiger partial charge in [0.2, 0.25) is 17.7 Å². The zero-order valence-electron chi connectivity index (χ0n) is 17.9. The molecule has 0 bridgehead atoms. The van der Waals surface area contributed by atoms with Crippen molar-refractivity contribution in [2.45, 2.75) is 76.5 Å². The summed E-state index contributed by atoms with van der Waals surface area (Å²) in [6.07, 6.45) is 2.12. The van der Waals surface area contributed by atoms with E-state index in [1.54, 1.807) is 13.8 Å². The number of carbonyl (C=O) groups is 5. The van der Waals surface area contributed by atoms with Crippen molar-refractivity contribution < 1.29 is 34.2 Å². The van der Waals surface area contributed by atoms with E-state index in [9.17, 15) is 29.1 Å². The lowest BCUT2D eigenvalue weighted by Crippen LogP contribution is -2.57. The van der Waals surface area contributed by atoms with Crippen molar-refractivity contribution in [2.24, 2.45) is 5.92 Å². The molecule has 4 unspecified atom stereocenters. The van der Waals surface area contributed by atoms with Gasteiger partial charge in [0, 0.05) is 13.0 Å². The molecule has 11 heteroatoms. The predicted octanol–water partition coefficient (Wildman–Crippen LogP) is -0.696. The van der Waals surface area contributed by atoms with Gasteiger partial charge in [0.1, 0.15) is 18.1 Å². The Morgan fingerprint density at radius 1 is 1.06 bits per heavy atom. The second-order valence-electron chi connectivity index (χ2n) is 8.40. The molecule has 0 aromatic carbocycles. The summed E-state index contributed by atoms with van der Waals surface area (Å²) < 4.78 is 0. The van der Waals surface area contributed by atoms with E-state index < -0.39 is 47.8 Å². The standard InChI is InChI=1S/C20H32N4O7/c1-11(2)16(20(30)31)23-17(27)12(7-8-15(25)26)22-18(28)14-6-4-10-24(14)19(29)13-5-3-9-21-13/h11-14,16,21H,3-10H2,1-2H3,(H,22,28)(H,23,27)(H,25,26)(H,30,31). The second kappa shape index (κ2) is 11.1. The summed E-state index contributed by atoms with van der Waals surface area (Å²) in [4.78, 5) is 62.3. The van der Waals surface area contributed by atoms with Gasteiger partial charge in [-0.15, -0.1) is 0 Å². The third-order valence-corrected chi connectivity index (χ3v) is 5.71. The predicted molar refractivity (Wildman–Crippen MR) is 109 cm³/mol. The number of carboxylic acid groups (broad SMARTS) is 2. The summed E-state index contributed by atoms with van der Waals surface area (Å²) in [5.74, 6) is -4.21. The number of likely N-dealkylation sites (tertiary alicyclic amines) is 1. The van der Waals surface area contributed by atoms with Gasteiger partial charge in [-0.2, -0.15) is 0 Å². The monoisotopic (exact) mass is 440 g/mol. The Bertz CT molecular complexity index is 706. The van der Waals surface area contributed by atoms with Gasteiger partial charge in [-0.1, -0.05) is 13.8 Å². The first-order chi connectivity index (χ1) is 14.6. The highest BCUT2D eigenvalue weighted by Gasteiger charge is 2.39. The maximum absolute atomic E-state index is 12.9. The molecule has 0 saturated carbocycles. The molecule has 2 heterocycles. The molecule has 2 rings (SSSR count). The molecule has 2 aliphatic rings. The van der Waals surface area contributed by atoms with Crippen molar-refractivity contribution in [1.82, 2.24) is 20.9 Å². The minimum atomic E-state index is -1.22. The molecule has 31 heavy (non-hydrogen) atoms. The lowest BCUT2D eigenvalue weighted by atomic mass is 10.0. The molecule has 2 saturated heterocycles. The Hall–Kier alpha value is -2.69. The zero-order chi connectivity index (χ0) is 23.1. The summed E-state index contributed by atoms with van der Waals surface area (Å²) in [7, 11) is 0. The SMILES string of the molecule is CC(C)C(NC(=O)C(CCC(=O)O)NC(=O)C1CCCN1C(=O)C1CCCN1)C(=O)O. The smallest absolute Gasteiger partial charge is 0.326 e. The van der Waals surface area contributed by atoms with E-state index >= 15 is 0 Å². The number of hydrogen-bond acceptors (Lipinski definition) is 6. The van der Waals surface area contributed by atoms with Crippen molar-refractivity contribution in [2.75, 3.05) is 13.1 Å². The topological polar surface area (TPSA) is 165 Å². The maximum Gasteiger partial charge on any atom is 0.326 e. The summed E-state index contributed by atoms with van der Waals surface area (Å²) in [5.41, 5.74) is 0. The molecule has 0 radical (unpaired) electrons. The number of aliphatic carboxylic acids is 2. The van der Waals surface area contributed by atoms with Gasteiger partial charge in [-0.25, -0.2) is 4.79 Å². The number of amides is 3. The highest BCUT2D eigenvalue weighted by atomic mass is 16.4. The number of rotatable bonds is 10. The van der Waals surface area contributed by atoms with Crippen LogP contribution in [0.1, 0.15) is 52.4 Å². The molecule has 0 aliphatic carbocycles. The third-order valence-electron chi connectivity index (χ3n) is 5.71. The van der Waals surface area contributed by atoms with Crippen LogP contribution in [0.15, 0.2) is 0 Å². The highest BCUT2D eigenvalue weighted by Crippen LogP contribution is 2.21. The van der Waals surface area contributed by atoms with Crippen LogP contribution in [0.25, 0.3) is 0 Å². The van der Waals surface area contributed by atoms with Crippen LogP contribution in [-0.4, -0.2) is 82.0 Å². The molecule has 2 fully saturated rings. The normalized spacial score (nSPS) is 22.7. The number of carboxylic acids is 2. The van der Waals surface area contributed by atoms with E-state index in [0.717, 1.165) is 13.0 Å². The molecule has 0 spiro atoms. The van der Waals surface area contributed by atoms with Gasteiger partial charge < -0.3 is 31.1 Å². The molecule has 11 nitrogen and oxygen atoms in total. The van der Waals surface area contributed by atoms with E-state index in [1.807, 2.05) is 0 Å². The quantitative estimate of drug-likeness (QED) is 0.298. The van der Waals surface area contributed by atoms with E-state index in [0.29, 0.717) is 25.8 Å². The van der Waals surface area contributed by atoms with E-state index in [2.05, 4.69) is 16.0 Å². The molecular weight excluding hydrogens is 408 g/mol.